The van der Waals surface area contributed by atoms with Crippen LogP contribution >= 0.6 is 0 Å². The van der Waals surface area contributed by atoms with Gasteiger partial charge in [-0.05, 0) is 48.6 Å². The molecule has 0 saturated heterocycles. The van der Waals surface area contributed by atoms with Gasteiger partial charge in [0.2, 0.25) is 0 Å². The Labute approximate surface area is 101 Å². The molecule has 1 aliphatic rings. The predicted octanol–water partition coefficient (Wildman–Crippen LogP) is 2.56. The molecule has 0 aliphatic carbocycles. The Morgan fingerprint density at radius 3 is 2.94 bits per heavy atom. The van der Waals surface area contributed by atoms with Crippen molar-refractivity contribution in [3.05, 3.63) is 35.4 Å². The minimum absolute atomic E-state index is 0.800. The van der Waals surface area contributed by atoms with Crippen LogP contribution in [0, 0.1) is 0 Å². The molecule has 0 saturated carbocycles. The van der Waals surface area contributed by atoms with Gasteiger partial charge in [0.15, 0.2) is 0 Å². The molecule has 1 aliphatic heterocycles. The molecule has 0 atom stereocenters. The Morgan fingerprint density at radius 1 is 1.47 bits per heavy atom. The number of carboxylic acid groups (broad SMARTS) is 1. The summed E-state index contributed by atoms with van der Waals surface area (Å²) < 4.78 is 0. The Kier molecular flexibility index (Phi) is 3.18. The molecule has 0 unspecified atom stereocenters. The molecule has 0 spiro atoms. The number of hydrogen-bond acceptors (Lipinski definition) is 2. The highest BCUT2D eigenvalue weighted by atomic mass is 16.4. The van der Waals surface area contributed by atoms with Crippen molar-refractivity contribution >= 4 is 17.2 Å². The third-order valence-electron chi connectivity index (χ3n) is 3.23. The molecule has 0 aromatic heterocycles. The van der Waals surface area contributed by atoms with Gasteiger partial charge in [-0.2, -0.15) is 0 Å². The van der Waals surface area contributed by atoms with E-state index in [1.807, 2.05) is 13.0 Å². The zero-order chi connectivity index (χ0) is 12.4. The normalized spacial score (nSPS) is 15.6. The van der Waals surface area contributed by atoms with Crippen LogP contribution in [0.3, 0.4) is 0 Å². The molecule has 90 valence electrons. The topological polar surface area (TPSA) is 40.5 Å². The van der Waals surface area contributed by atoms with Crippen molar-refractivity contribution in [3.8, 4) is 0 Å². The molecule has 3 heteroatoms. The van der Waals surface area contributed by atoms with Crippen molar-refractivity contribution < 1.29 is 9.90 Å². The molecular weight excluding hydrogens is 214 g/mol. The standard InChI is InChI=1S/C14H17NO2/c1-10(8-14(16)17)11-5-6-13-12(9-11)4-3-7-15(13)2/h5-6,8-9H,3-4,7H2,1-2H3,(H,16,17). The van der Waals surface area contributed by atoms with Gasteiger partial charge in [-0.1, -0.05) is 6.07 Å². The lowest BCUT2D eigenvalue weighted by Gasteiger charge is -2.27. The number of fused-ring (bicyclic) bond motifs is 1. The van der Waals surface area contributed by atoms with Crippen LogP contribution in [0.4, 0.5) is 5.69 Å². The summed E-state index contributed by atoms with van der Waals surface area (Å²) in [4.78, 5) is 12.9. The van der Waals surface area contributed by atoms with Crippen LogP contribution in [0.15, 0.2) is 24.3 Å². The van der Waals surface area contributed by atoms with Gasteiger partial charge in [0.1, 0.15) is 0 Å². The first-order valence-electron chi connectivity index (χ1n) is 5.83. The SMILES string of the molecule is CC(=CC(=O)O)c1ccc2c(c1)CCCN2C. The Balaban J connectivity index is 2.36. The molecule has 0 fully saturated rings. The van der Waals surface area contributed by atoms with Gasteiger partial charge < -0.3 is 10.0 Å². The quantitative estimate of drug-likeness (QED) is 0.795. The molecule has 0 radical (unpaired) electrons. The zero-order valence-corrected chi connectivity index (χ0v) is 10.2. The van der Waals surface area contributed by atoms with Crippen LogP contribution in [0.1, 0.15) is 24.5 Å². The van der Waals surface area contributed by atoms with Gasteiger partial charge in [-0.3, -0.25) is 0 Å². The largest absolute Gasteiger partial charge is 0.478 e. The number of benzene rings is 1. The number of aryl methyl sites for hydroxylation is 1. The number of nitrogens with zero attached hydrogens (tertiary/aromatic N) is 1. The van der Waals surface area contributed by atoms with Crippen molar-refractivity contribution in [1.82, 2.24) is 0 Å². The van der Waals surface area contributed by atoms with Gasteiger partial charge in [0.25, 0.3) is 0 Å². The monoisotopic (exact) mass is 231 g/mol. The summed E-state index contributed by atoms with van der Waals surface area (Å²) in [6.45, 7) is 2.93. The van der Waals surface area contributed by atoms with E-state index in [1.54, 1.807) is 0 Å². The van der Waals surface area contributed by atoms with Crippen molar-refractivity contribution in [2.24, 2.45) is 0 Å². The fourth-order valence-electron chi connectivity index (χ4n) is 2.30. The van der Waals surface area contributed by atoms with Crippen LogP contribution in [0.2, 0.25) is 0 Å². The number of rotatable bonds is 2. The minimum atomic E-state index is -0.891. The van der Waals surface area contributed by atoms with E-state index in [4.69, 9.17) is 5.11 Å². The maximum Gasteiger partial charge on any atom is 0.328 e. The first-order chi connectivity index (χ1) is 8.08. The van der Waals surface area contributed by atoms with Crippen LogP contribution in [0.5, 0.6) is 0 Å². The second-order valence-corrected chi connectivity index (χ2v) is 4.53. The molecule has 0 bridgehead atoms. The first-order valence-corrected chi connectivity index (χ1v) is 5.83. The summed E-state index contributed by atoms with van der Waals surface area (Å²) in [6.07, 6.45) is 3.50. The Bertz CT molecular complexity index is 477. The van der Waals surface area contributed by atoms with E-state index < -0.39 is 5.97 Å². The highest BCUT2D eigenvalue weighted by Gasteiger charge is 2.14. The van der Waals surface area contributed by atoms with Crippen LogP contribution in [0.25, 0.3) is 5.57 Å². The number of anilines is 1. The molecule has 1 heterocycles. The third-order valence-corrected chi connectivity index (χ3v) is 3.23. The van der Waals surface area contributed by atoms with Crippen LogP contribution in [-0.2, 0) is 11.2 Å². The van der Waals surface area contributed by atoms with E-state index >= 15 is 0 Å². The summed E-state index contributed by atoms with van der Waals surface area (Å²) in [6, 6.07) is 6.19. The van der Waals surface area contributed by atoms with E-state index in [-0.39, 0.29) is 0 Å². The average Bonchev–Trinajstić information content (AvgIpc) is 2.28. The van der Waals surface area contributed by atoms with Gasteiger partial charge in [-0.15, -0.1) is 0 Å². The molecule has 1 aromatic carbocycles. The van der Waals surface area contributed by atoms with Crippen molar-refractivity contribution in [1.29, 1.82) is 0 Å². The fraction of sp³-hybridized carbons (Fsp3) is 0.357. The number of carboxylic acids is 1. The zero-order valence-electron chi connectivity index (χ0n) is 10.2. The van der Waals surface area contributed by atoms with Gasteiger partial charge >= 0.3 is 5.97 Å². The number of allylic oxidation sites excluding steroid dienone is 1. The summed E-state index contributed by atoms with van der Waals surface area (Å²) in [5.74, 6) is -0.891. The van der Waals surface area contributed by atoms with E-state index in [9.17, 15) is 4.79 Å². The Morgan fingerprint density at radius 2 is 2.24 bits per heavy atom. The lowest BCUT2D eigenvalue weighted by Crippen LogP contribution is -2.24. The fourth-order valence-corrected chi connectivity index (χ4v) is 2.30. The second-order valence-electron chi connectivity index (χ2n) is 4.53. The number of hydrogen-bond donors (Lipinski definition) is 1. The third kappa shape index (κ3) is 2.49. The highest BCUT2D eigenvalue weighted by molar-refractivity contribution is 5.89. The van der Waals surface area contributed by atoms with Crippen LogP contribution in [-0.4, -0.2) is 24.7 Å². The lowest BCUT2D eigenvalue weighted by atomic mass is 9.97. The molecule has 3 nitrogen and oxygen atoms in total. The van der Waals surface area contributed by atoms with Gasteiger partial charge in [0, 0.05) is 25.4 Å². The van der Waals surface area contributed by atoms with Gasteiger partial charge in [0.05, 0.1) is 0 Å². The van der Waals surface area contributed by atoms with E-state index in [1.165, 1.54) is 17.3 Å². The molecular formula is C14H17NO2. The maximum absolute atomic E-state index is 10.6. The number of aliphatic carboxylic acids is 1. The molecule has 17 heavy (non-hydrogen) atoms. The van der Waals surface area contributed by atoms with E-state index in [0.29, 0.717) is 0 Å². The second kappa shape index (κ2) is 4.62. The molecule has 2 rings (SSSR count). The first kappa shape index (κ1) is 11.7. The predicted molar refractivity (Wildman–Crippen MR) is 69.3 cm³/mol. The smallest absolute Gasteiger partial charge is 0.328 e. The Hall–Kier alpha value is -1.77. The van der Waals surface area contributed by atoms with Crippen molar-refractivity contribution in [2.45, 2.75) is 19.8 Å². The van der Waals surface area contributed by atoms with Crippen molar-refractivity contribution in [3.63, 3.8) is 0 Å². The highest BCUT2D eigenvalue weighted by Crippen LogP contribution is 2.28. The molecule has 0 amide bonds. The van der Waals surface area contributed by atoms with E-state index in [0.717, 1.165) is 30.5 Å². The number of carbonyl (C=O) groups is 1. The molecule has 1 aromatic rings. The summed E-state index contributed by atoms with van der Waals surface area (Å²) in [5, 5.41) is 8.74. The van der Waals surface area contributed by atoms with Crippen LogP contribution < -0.4 is 4.90 Å². The van der Waals surface area contributed by atoms with Gasteiger partial charge in [-0.25, -0.2) is 4.79 Å². The average molecular weight is 231 g/mol. The van der Waals surface area contributed by atoms with Crippen molar-refractivity contribution in [2.75, 3.05) is 18.5 Å². The summed E-state index contributed by atoms with van der Waals surface area (Å²) in [7, 11) is 2.09. The lowest BCUT2D eigenvalue weighted by molar-refractivity contribution is -0.131. The van der Waals surface area contributed by atoms with E-state index in [2.05, 4.69) is 24.1 Å². The summed E-state index contributed by atoms with van der Waals surface area (Å²) in [5.41, 5.74) is 4.38. The minimum Gasteiger partial charge on any atom is -0.478 e. The maximum atomic E-state index is 10.6. The summed E-state index contributed by atoms with van der Waals surface area (Å²) >= 11 is 0. The molecule has 1 N–H and O–H groups in total.